The topological polar surface area (TPSA) is 54.9 Å². The van der Waals surface area contributed by atoms with E-state index in [1.807, 2.05) is 12.1 Å². The number of aryl methyl sites for hydroxylation is 1. The maximum Gasteiger partial charge on any atom is 0.191 e. The van der Waals surface area contributed by atoms with Gasteiger partial charge in [0.05, 0.1) is 13.2 Å². The summed E-state index contributed by atoms with van der Waals surface area (Å²) in [5.41, 5.74) is 3.54. The quantitative estimate of drug-likeness (QED) is 0.286. The third kappa shape index (κ3) is 6.34. The molecule has 1 saturated carbocycles. The standard InChI is InChI=1S/C25H32FN3O2.HI/c1-18-3-4-20(23(13-18)31-16-19-9-12-30-15-19)14-28-24(27-2)29-17-25(10-11-25)21-5-7-22(26)8-6-21;/h3-8,13,19H,9-12,14-17H2,1-2H3,(H2,27,28,29);1H. The van der Waals surface area contributed by atoms with Gasteiger partial charge in [-0.25, -0.2) is 4.39 Å². The van der Waals surface area contributed by atoms with Crippen LogP contribution in [0.4, 0.5) is 4.39 Å². The van der Waals surface area contributed by atoms with Crippen LogP contribution in [0.3, 0.4) is 0 Å². The first kappa shape index (κ1) is 24.8. The number of halogens is 2. The summed E-state index contributed by atoms with van der Waals surface area (Å²) < 4.78 is 24.9. The van der Waals surface area contributed by atoms with Crippen LogP contribution in [0.15, 0.2) is 47.5 Å². The van der Waals surface area contributed by atoms with E-state index < -0.39 is 0 Å². The van der Waals surface area contributed by atoms with Crippen LogP contribution >= 0.6 is 24.0 Å². The molecule has 1 heterocycles. The summed E-state index contributed by atoms with van der Waals surface area (Å²) in [7, 11) is 1.78. The zero-order valence-corrected chi connectivity index (χ0v) is 21.2. The van der Waals surface area contributed by atoms with Gasteiger partial charge in [-0.3, -0.25) is 4.99 Å². The zero-order chi connectivity index (χ0) is 21.7. The van der Waals surface area contributed by atoms with Crippen molar-refractivity contribution in [3.8, 4) is 5.75 Å². The van der Waals surface area contributed by atoms with E-state index in [4.69, 9.17) is 9.47 Å². The Bertz CT molecular complexity index is 910. The van der Waals surface area contributed by atoms with Crippen molar-refractivity contribution in [2.24, 2.45) is 10.9 Å². The van der Waals surface area contributed by atoms with Gasteiger partial charge in [-0.15, -0.1) is 24.0 Å². The summed E-state index contributed by atoms with van der Waals surface area (Å²) in [4.78, 5) is 4.38. The van der Waals surface area contributed by atoms with E-state index in [2.05, 4.69) is 40.7 Å². The molecule has 4 rings (SSSR count). The number of benzene rings is 2. The largest absolute Gasteiger partial charge is 0.493 e. The molecule has 2 fully saturated rings. The summed E-state index contributed by atoms with van der Waals surface area (Å²) in [5, 5.41) is 6.86. The maximum atomic E-state index is 13.3. The summed E-state index contributed by atoms with van der Waals surface area (Å²) in [5.74, 6) is 1.95. The highest BCUT2D eigenvalue weighted by Gasteiger charge is 2.44. The molecule has 1 aliphatic heterocycles. The highest BCUT2D eigenvalue weighted by Crippen LogP contribution is 2.47. The minimum atomic E-state index is -0.193. The number of hydrogen-bond acceptors (Lipinski definition) is 3. The Balaban J connectivity index is 0.00000289. The average molecular weight is 553 g/mol. The van der Waals surface area contributed by atoms with Crippen molar-refractivity contribution in [2.45, 2.75) is 38.1 Å². The van der Waals surface area contributed by atoms with Gasteiger partial charge in [-0.05, 0) is 55.5 Å². The lowest BCUT2D eigenvalue weighted by molar-refractivity contribution is 0.166. The second-order valence-electron chi connectivity index (χ2n) is 8.72. The lowest BCUT2D eigenvalue weighted by Gasteiger charge is -2.20. The van der Waals surface area contributed by atoms with Crippen LogP contribution in [0.1, 0.15) is 36.0 Å². The fraction of sp³-hybridized carbons (Fsp3) is 0.480. The highest BCUT2D eigenvalue weighted by atomic mass is 127. The molecule has 174 valence electrons. The van der Waals surface area contributed by atoms with E-state index >= 15 is 0 Å². The first-order valence-corrected chi connectivity index (χ1v) is 11.1. The molecule has 1 atom stereocenters. The molecular weight excluding hydrogens is 520 g/mol. The lowest BCUT2D eigenvalue weighted by atomic mass is 9.96. The first-order valence-electron chi connectivity index (χ1n) is 11.1. The van der Waals surface area contributed by atoms with E-state index in [1.165, 1.54) is 11.1 Å². The fourth-order valence-corrected chi connectivity index (χ4v) is 4.04. The molecule has 1 saturated heterocycles. The summed E-state index contributed by atoms with van der Waals surface area (Å²) in [6.45, 7) is 5.78. The molecule has 2 aromatic rings. The number of guanidine groups is 1. The Morgan fingerprint density at radius 1 is 1.19 bits per heavy atom. The van der Waals surface area contributed by atoms with E-state index in [-0.39, 0.29) is 35.2 Å². The maximum absolute atomic E-state index is 13.3. The Hall–Kier alpha value is -1.87. The van der Waals surface area contributed by atoms with Gasteiger partial charge in [0.15, 0.2) is 5.96 Å². The van der Waals surface area contributed by atoms with Crippen molar-refractivity contribution in [2.75, 3.05) is 33.4 Å². The normalized spacial score (nSPS) is 19.2. The van der Waals surface area contributed by atoms with Gasteiger partial charge in [-0.1, -0.05) is 24.3 Å². The molecule has 0 aromatic heterocycles. The summed E-state index contributed by atoms with van der Waals surface area (Å²) >= 11 is 0. The molecule has 1 aliphatic carbocycles. The summed E-state index contributed by atoms with van der Waals surface area (Å²) in [6.07, 6.45) is 3.26. The molecule has 5 nitrogen and oxygen atoms in total. The van der Waals surface area contributed by atoms with E-state index in [9.17, 15) is 4.39 Å². The van der Waals surface area contributed by atoms with Gasteiger partial charge in [0.1, 0.15) is 11.6 Å². The molecule has 0 amide bonds. The lowest BCUT2D eigenvalue weighted by Crippen LogP contribution is -2.41. The molecule has 7 heteroatoms. The molecule has 2 N–H and O–H groups in total. The molecule has 0 radical (unpaired) electrons. The van der Waals surface area contributed by atoms with Gasteiger partial charge < -0.3 is 20.1 Å². The van der Waals surface area contributed by atoms with Crippen molar-refractivity contribution in [3.05, 3.63) is 65.0 Å². The molecule has 0 spiro atoms. The summed E-state index contributed by atoms with van der Waals surface area (Å²) in [6, 6.07) is 13.2. The van der Waals surface area contributed by atoms with Crippen molar-refractivity contribution >= 4 is 29.9 Å². The molecule has 2 aromatic carbocycles. The van der Waals surface area contributed by atoms with Crippen molar-refractivity contribution in [1.29, 1.82) is 0 Å². The second-order valence-corrected chi connectivity index (χ2v) is 8.72. The first-order chi connectivity index (χ1) is 15.1. The Morgan fingerprint density at radius 3 is 2.62 bits per heavy atom. The van der Waals surface area contributed by atoms with E-state index in [1.54, 1.807) is 19.2 Å². The molecular formula is C25H33FIN3O2. The van der Waals surface area contributed by atoms with Crippen molar-refractivity contribution in [3.63, 3.8) is 0 Å². The van der Waals surface area contributed by atoms with Crippen LogP contribution in [-0.4, -0.2) is 39.4 Å². The highest BCUT2D eigenvalue weighted by molar-refractivity contribution is 14.0. The number of nitrogens with zero attached hydrogens (tertiary/aromatic N) is 1. The predicted molar refractivity (Wildman–Crippen MR) is 137 cm³/mol. The van der Waals surface area contributed by atoms with Crippen LogP contribution in [-0.2, 0) is 16.7 Å². The van der Waals surface area contributed by atoms with E-state index in [0.29, 0.717) is 19.1 Å². The number of ether oxygens (including phenoxy) is 2. The third-order valence-electron chi connectivity index (χ3n) is 6.30. The Labute approximate surface area is 207 Å². The van der Waals surface area contributed by atoms with Crippen molar-refractivity contribution < 1.29 is 13.9 Å². The average Bonchev–Trinajstić information content (AvgIpc) is 3.38. The van der Waals surface area contributed by atoms with Crippen LogP contribution in [0, 0.1) is 18.7 Å². The minimum absolute atomic E-state index is 0. The fourth-order valence-electron chi connectivity index (χ4n) is 4.04. The van der Waals surface area contributed by atoms with E-state index in [0.717, 1.165) is 56.3 Å². The van der Waals surface area contributed by atoms with Gasteiger partial charge in [0, 0.05) is 43.6 Å². The van der Waals surface area contributed by atoms with Crippen LogP contribution in [0.5, 0.6) is 5.75 Å². The second kappa shape index (κ2) is 11.3. The number of rotatable bonds is 8. The number of nitrogens with one attached hydrogen (secondary N) is 2. The smallest absolute Gasteiger partial charge is 0.191 e. The third-order valence-corrected chi connectivity index (χ3v) is 6.30. The van der Waals surface area contributed by atoms with Crippen LogP contribution in [0.2, 0.25) is 0 Å². The monoisotopic (exact) mass is 553 g/mol. The SMILES string of the molecule is CN=C(NCc1ccc(C)cc1OCC1CCOC1)NCC1(c2ccc(F)cc2)CC1.I. The zero-order valence-electron chi connectivity index (χ0n) is 18.8. The van der Waals surface area contributed by atoms with Crippen molar-refractivity contribution in [1.82, 2.24) is 10.6 Å². The molecule has 32 heavy (non-hydrogen) atoms. The van der Waals surface area contributed by atoms with Gasteiger partial charge in [0.25, 0.3) is 0 Å². The van der Waals surface area contributed by atoms with Gasteiger partial charge in [-0.2, -0.15) is 0 Å². The molecule has 2 aliphatic rings. The molecule has 1 unspecified atom stereocenters. The Morgan fingerprint density at radius 2 is 1.97 bits per heavy atom. The number of hydrogen-bond donors (Lipinski definition) is 2. The predicted octanol–water partition coefficient (Wildman–Crippen LogP) is 4.56. The van der Waals surface area contributed by atoms with Crippen LogP contribution < -0.4 is 15.4 Å². The number of aliphatic imine (C=N–C) groups is 1. The van der Waals surface area contributed by atoms with Gasteiger partial charge >= 0.3 is 0 Å². The van der Waals surface area contributed by atoms with Gasteiger partial charge in [0.2, 0.25) is 0 Å². The van der Waals surface area contributed by atoms with Crippen LogP contribution in [0.25, 0.3) is 0 Å². The Kier molecular flexibility index (Phi) is 8.76. The minimum Gasteiger partial charge on any atom is -0.493 e. The molecule has 0 bridgehead atoms.